The number of benzene rings is 1. The number of hydrogen-bond donors (Lipinski definition) is 1. The predicted molar refractivity (Wildman–Crippen MR) is 89.3 cm³/mol. The minimum absolute atomic E-state index is 0.112. The topological polar surface area (TPSA) is 62.3 Å². The fraction of sp³-hybridized carbons (Fsp3) is 0.267. The molecule has 5 nitrogen and oxygen atoms in total. The molecule has 1 aliphatic heterocycles. The quantitative estimate of drug-likeness (QED) is 0.882. The zero-order chi connectivity index (χ0) is 15.6. The smallest absolute Gasteiger partial charge is 0.242 e. The zero-order valence-electron chi connectivity index (χ0n) is 11.8. The van der Waals surface area contributed by atoms with Crippen LogP contribution in [0.2, 0.25) is 0 Å². The first-order chi connectivity index (χ1) is 10.6. The van der Waals surface area contributed by atoms with Gasteiger partial charge in [0.05, 0.1) is 4.90 Å². The van der Waals surface area contributed by atoms with Crippen LogP contribution in [-0.4, -0.2) is 32.5 Å². The van der Waals surface area contributed by atoms with E-state index in [-0.39, 0.29) is 10.9 Å². The van der Waals surface area contributed by atoms with Gasteiger partial charge in [0, 0.05) is 29.8 Å². The van der Waals surface area contributed by atoms with Crippen LogP contribution in [0.5, 0.6) is 0 Å². The Balaban J connectivity index is 1.71. The number of nitrogens with one attached hydrogen (secondary N) is 1. The van der Waals surface area contributed by atoms with Crippen LogP contribution in [0.25, 0.3) is 0 Å². The molecule has 1 saturated heterocycles. The van der Waals surface area contributed by atoms with Gasteiger partial charge < -0.3 is 4.90 Å². The number of hydrogen-bond acceptors (Lipinski definition) is 4. The monoisotopic (exact) mass is 381 g/mol. The third-order valence-electron chi connectivity index (χ3n) is 3.61. The van der Waals surface area contributed by atoms with Gasteiger partial charge in [-0.2, -0.15) is 0 Å². The van der Waals surface area contributed by atoms with Crippen molar-refractivity contribution in [2.45, 2.75) is 17.4 Å². The zero-order valence-corrected chi connectivity index (χ0v) is 14.2. The summed E-state index contributed by atoms with van der Waals surface area (Å²) < 4.78 is 28.3. The summed E-state index contributed by atoms with van der Waals surface area (Å²) >= 11 is 3.29. The third-order valence-corrected chi connectivity index (χ3v) is 6.14. The first-order valence-corrected chi connectivity index (χ1v) is 9.27. The molecular formula is C15H16BrN3O2S. The molecule has 0 unspecified atom stereocenters. The minimum Gasteiger partial charge on any atom is -0.355 e. The molecule has 0 saturated carbocycles. The van der Waals surface area contributed by atoms with Crippen molar-refractivity contribution in [3.8, 4) is 0 Å². The second kappa shape index (κ2) is 6.36. The summed E-state index contributed by atoms with van der Waals surface area (Å²) in [5.41, 5.74) is 0. The highest BCUT2D eigenvalue weighted by molar-refractivity contribution is 9.10. The highest BCUT2D eigenvalue weighted by atomic mass is 79.9. The largest absolute Gasteiger partial charge is 0.355 e. The van der Waals surface area contributed by atoms with Crippen molar-refractivity contribution in [1.29, 1.82) is 0 Å². The fourth-order valence-corrected chi connectivity index (χ4v) is 4.82. The van der Waals surface area contributed by atoms with Gasteiger partial charge in [-0.25, -0.2) is 18.1 Å². The molecule has 1 N–H and O–H groups in total. The number of rotatable bonds is 4. The van der Waals surface area contributed by atoms with E-state index in [1.54, 1.807) is 30.5 Å². The van der Waals surface area contributed by atoms with E-state index < -0.39 is 10.0 Å². The molecule has 0 aliphatic carbocycles. The second-order valence-electron chi connectivity index (χ2n) is 5.17. The molecule has 0 bridgehead atoms. The Hall–Kier alpha value is -1.44. The first-order valence-electron chi connectivity index (χ1n) is 6.99. The Morgan fingerprint density at radius 3 is 2.68 bits per heavy atom. The molecule has 1 aromatic heterocycles. The molecule has 3 rings (SSSR count). The maximum Gasteiger partial charge on any atom is 0.242 e. The molecule has 1 aromatic carbocycles. The van der Waals surface area contributed by atoms with Crippen LogP contribution in [0.3, 0.4) is 0 Å². The van der Waals surface area contributed by atoms with Gasteiger partial charge in [0.15, 0.2) is 0 Å². The first kappa shape index (κ1) is 15.5. The molecule has 0 radical (unpaired) electrons. The normalized spacial score (nSPS) is 18.6. The lowest BCUT2D eigenvalue weighted by Crippen LogP contribution is -2.37. The molecule has 116 valence electrons. The molecule has 2 heterocycles. The number of aromatic nitrogens is 1. The molecule has 0 spiro atoms. The van der Waals surface area contributed by atoms with Crippen molar-refractivity contribution in [3.05, 3.63) is 53.1 Å². The standard InChI is InChI=1S/C15H16BrN3O2S/c16-13-5-1-2-6-14(13)22(20,21)18-12-8-10-19(11-12)15-7-3-4-9-17-15/h1-7,9,12,18H,8,10-11H2/t12-/m0/s1. The van der Waals surface area contributed by atoms with Crippen LogP contribution in [0, 0.1) is 0 Å². The third kappa shape index (κ3) is 3.31. The summed E-state index contributed by atoms with van der Waals surface area (Å²) in [6.45, 7) is 1.42. The number of halogens is 1. The second-order valence-corrected chi connectivity index (χ2v) is 7.71. The molecule has 0 amide bonds. The van der Waals surface area contributed by atoms with E-state index >= 15 is 0 Å². The van der Waals surface area contributed by atoms with E-state index in [1.165, 1.54) is 0 Å². The summed E-state index contributed by atoms with van der Waals surface area (Å²) in [6.07, 6.45) is 2.51. The van der Waals surface area contributed by atoms with E-state index in [9.17, 15) is 8.42 Å². The van der Waals surface area contributed by atoms with Crippen molar-refractivity contribution in [1.82, 2.24) is 9.71 Å². The molecule has 2 aromatic rings. The van der Waals surface area contributed by atoms with E-state index in [1.807, 2.05) is 18.2 Å². The summed E-state index contributed by atoms with van der Waals surface area (Å²) in [6, 6.07) is 12.5. The van der Waals surface area contributed by atoms with Gasteiger partial charge in [-0.1, -0.05) is 18.2 Å². The molecule has 1 aliphatic rings. The highest BCUT2D eigenvalue weighted by Crippen LogP contribution is 2.23. The van der Waals surface area contributed by atoms with Crippen molar-refractivity contribution >= 4 is 31.8 Å². The van der Waals surface area contributed by atoms with Gasteiger partial charge in [0.25, 0.3) is 0 Å². The van der Waals surface area contributed by atoms with E-state index in [4.69, 9.17) is 0 Å². The summed E-state index contributed by atoms with van der Waals surface area (Å²) in [7, 11) is -3.52. The van der Waals surface area contributed by atoms with Gasteiger partial charge in [-0.05, 0) is 46.6 Å². The van der Waals surface area contributed by atoms with Crippen molar-refractivity contribution in [2.75, 3.05) is 18.0 Å². The summed E-state index contributed by atoms with van der Waals surface area (Å²) in [5.74, 6) is 0.880. The van der Waals surface area contributed by atoms with Crippen molar-refractivity contribution in [2.24, 2.45) is 0 Å². The Labute approximate surface area is 138 Å². The highest BCUT2D eigenvalue weighted by Gasteiger charge is 2.28. The molecule has 7 heteroatoms. The Kier molecular flexibility index (Phi) is 4.46. The van der Waals surface area contributed by atoms with E-state index in [0.29, 0.717) is 11.0 Å². The predicted octanol–water partition coefficient (Wildman–Crippen LogP) is 2.40. The van der Waals surface area contributed by atoms with Gasteiger partial charge in [0.1, 0.15) is 5.82 Å². The van der Waals surface area contributed by atoms with Gasteiger partial charge >= 0.3 is 0 Å². The lowest BCUT2D eigenvalue weighted by Gasteiger charge is -2.18. The lowest BCUT2D eigenvalue weighted by molar-refractivity contribution is 0.561. The number of pyridine rings is 1. The van der Waals surface area contributed by atoms with Gasteiger partial charge in [-0.15, -0.1) is 0 Å². The SMILES string of the molecule is O=S(=O)(N[C@H]1CCN(c2ccccn2)C1)c1ccccc1Br. The number of sulfonamides is 1. The summed E-state index contributed by atoms with van der Waals surface area (Å²) in [4.78, 5) is 6.67. The molecule has 1 atom stereocenters. The van der Waals surface area contributed by atoms with Crippen LogP contribution in [0.1, 0.15) is 6.42 Å². The number of nitrogens with zero attached hydrogens (tertiary/aromatic N) is 2. The maximum absolute atomic E-state index is 12.5. The molecule has 1 fully saturated rings. The Bertz CT molecular complexity index is 752. The van der Waals surface area contributed by atoms with Crippen molar-refractivity contribution < 1.29 is 8.42 Å². The van der Waals surface area contributed by atoms with E-state index in [0.717, 1.165) is 18.8 Å². The van der Waals surface area contributed by atoms with Crippen LogP contribution in [0.4, 0.5) is 5.82 Å². The van der Waals surface area contributed by atoms with Crippen molar-refractivity contribution in [3.63, 3.8) is 0 Å². The molecular weight excluding hydrogens is 366 g/mol. The average molecular weight is 382 g/mol. The average Bonchev–Trinajstić information content (AvgIpc) is 2.96. The van der Waals surface area contributed by atoms with Crippen LogP contribution < -0.4 is 9.62 Å². The van der Waals surface area contributed by atoms with Gasteiger partial charge in [0.2, 0.25) is 10.0 Å². The fourth-order valence-electron chi connectivity index (χ4n) is 2.55. The maximum atomic E-state index is 12.5. The van der Waals surface area contributed by atoms with Crippen LogP contribution >= 0.6 is 15.9 Å². The van der Waals surface area contributed by atoms with Gasteiger partial charge in [-0.3, -0.25) is 0 Å². The Morgan fingerprint density at radius 2 is 1.95 bits per heavy atom. The van der Waals surface area contributed by atoms with E-state index in [2.05, 4.69) is 30.5 Å². The Morgan fingerprint density at radius 1 is 1.18 bits per heavy atom. The van der Waals surface area contributed by atoms with Crippen LogP contribution in [0.15, 0.2) is 58.0 Å². The summed E-state index contributed by atoms with van der Waals surface area (Å²) in [5, 5.41) is 0. The molecule has 22 heavy (non-hydrogen) atoms. The number of anilines is 1. The lowest BCUT2D eigenvalue weighted by atomic mass is 10.3. The minimum atomic E-state index is -3.52. The van der Waals surface area contributed by atoms with Crippen LogP contribution in [-0.2, 0) is 10.0 Å².